The molecule has 0 amide bonds. The van der Waals surface area contributed by atoms with Crippen LogP contribution in [0.25, 0.3) is 0 Å². The Bertz CT molecular complexity index is 874. The molecule has 23 heavy (non-hydrogen) atoms. The number of halogens is 2. The first kappa shape index (κ1) is 15.0. The molecule has 2 heterocycles. The molecule has 0 aliphatic carbocycles. The van der Waals surface area contributed by atoms with Gasteiger partial charge in [0.25, 0.3) is 0 Å². The van der Waals surface area contributed by atoms with E-state index in [1.54, 1.807) is 6.92 Å². The third kappa shape index (κ3) is 3.16. The molecule has 0 bridgehead atoms. The molecule has 9 nitrogen and oxygen atoms in total. The van der Waals surface area contributed by atoms with Gasteiger partial charge >= 0.3 is 0 Å². The van der Waals surface area contributed by atoms with Crippen molar-refractivity contribution in [1.82, 2.24) is 30.5 Å². The van der Waals surface area contributed by atoms with Gasteiger partial charge in [0.05, 0.1) is 17.3 Å². The Morgan fingerprint density at radius 1 is 1.43 bits per heavy atom. The number of hydrogen-bond donors (Lipinski definition) is 1. The van der Waals surface area contributed by atoms with Crippen LogP contribution in [0.1, 0.15) is 17.2 Å². The van der Waals surface area contributed by atoms with Gasteiger partial charge in [-0.3, -0.25) is 0 Å². The molecule has 3 rings (SSSR count). The minimum Gasteiger partial charge on any atom is -0.382 e. The van der Waals surface area contributed by atoms with Gasteiger partial charge in [-0.2, -0.15) is 0 Å². The summed E-state index contributed by atoms with van der Waals surface area (Å²) in [6.07, 6.45) is 0. The van der Waals surface area contributed by atoms with Gasteiger partial charge in [0, 0.05) is 0 Å². The van der Waals surface area contributed by atoms with Gasteiger partial charge in [-0.05, 0) is 40.7 Å². The highest BCUT2D eigenvalue weighted by Crippen LogP contribution is 2.22. The van der Waals surface area contributed by atoms with Crippen LogP contribution in [0, 0.1) is 12.7 Å². The van der Waals surface area contributed by atoms with E-state index in [9.17, 15) is 4.39 Å². The molecule has 2 N–H and O–H groups in total. The zero-order chi connectivity index (χ0) is 16.4. The first-order chi connectivity index (χ1) is 11.0. The van der Waals surface area contributed by atoms with Crippen LogP contribution in [0.3, 0.4) is 0 Å². The van der Waals surface area contributed by atoms with Gasteiger partial charge in [-0.1, -0.05) is 16.8 Å². The largest absolute Gasteiger partial charge is 0.382 e. The molecular formula is C12H10ClFN8O. The minimum atomic E-state index is -0.540. The number of nitrogens with two attached hydrogens (primary N) is 1. The second-order valence-corrected chi connectivity index (χ2v) is 4.95. The molecular weight excluding hydrogens is 327 g/mol. The zero-order valence-corrected chi connectivity index (χ0v) is 12.6. The van der Waals surface area contributed by atoms with Gasteiger partial charge in [-0.25, -0.2) is 18.7 Å². The van der Waals surface area contributed by atoms with Crippen LogP contribution >= 0.6 is 11.6 Å². The summed E-state index contributed by atoms with van der Waals surface area (Å²) in [6.45, 7) is 1.96. The summed E-state index contributed by atoms with van der Waals surface area (Å²) in [5, 5.41) is 18.6. The van der Waals surface area contributed by atoms with Crippen LogP contribution in [0.2, 0.25) is 5.02 Å². The lowest BCUT2D eigenvalue weighted by atomic mass is 10.2. The van der Waals surface area contributed by atoms with E-state index in [2.05, 4.69) is 30.8 Å². The van der Waals surface area contributed by atoms with E-state index in [0.29, 0.717) is 17.2 Å². The number of aliphatic imine (C=N–C) groups is 1. The molecule has 0 saturated heterocycles. The molecule has 118 valence electrons. The lowest BCUT2D eigenvalue weighted by Gasteiger charge is -2.01. The van der Waals surface area contributed by atoms with E-state index < -0.39 is 5.82 Å². The zero-order valence-electron chi connectivity index (χ0n) is 11.8. The van der Waals surface area contributed by atoms with E-state index in [0.717, 1.165) is 0 Å². The van der Waals surface area contributed by atoms with E-state index >= 15 is 0 Å². The highest BCUT2D eigenvalue weighted by molar-refractivity contribution is 6.31. The number of nitrogens with zero attached hydrogens (tertiary/aromatic N) is 7. The van der Waals surface area contributed by atoms with Crippen LogP contribution in [0.15, 0.2) is 27.8 Å². The number of rotatable bonds is 4. The molecule has 0 radical (unpaired) electrons. The Morgan fingerprint density at radius 3 is 2.96 bits per heavy atom. The van der Waals surface area contributed by atoms with Crippen molar-refractivity contribution in [3.8, 4) is 0 Å². The van der Waals surface area contributed by atoms with Crippen LogP contribution in [0.5, 0.6) is 0 Å². The average molecular weight is 337 g/mol. The van der Waals surface area contributed by atoms with Crippen molar-refractivity contribution in [3.05, 3.63) is 46.3 Å². The molecule has 0 fully saturated rings. The van der Waals surface area contributed by atoms with Crippen molar-refractivity contribution in [3.63, 3.8) is 0 Å². The Kier molecular flexibility index (Phi) is 3.98. The maximum Gasteiger partial charge on any atom is 0.174 e. The average Bonchev–Trinajstić information content (AvgIpc) is 3.13. The highest BCUT2D eigenvalue weighted by atomic mass is 35.5. The molecule has 0 atom stereocenters. The Balaban J connectivity index is 1.89. The predicted octanol–water partition coefficient (Wildman–Crippen LogP) is 1.24. The van der Waals surface area contributed by atoms with Crippen LogP contribution < -0.4 is 5.73 Å². The van der Waals surface area contributed by atoms with E-state index in [4.69, 9.17) is 22.0 Å². The molecule has 3 aromatic rings. The number of aromatic nitrogens is 6. The molecule has 1 aromatic carbocycles. The number of amidine groups is 1. The van der Waals surface area contributed by atoms with E-state index in [1.807, 2.05) is 0 Å². The molecule has 0 unspecified atom stereocenters. The van der Waals surface area contributed by atoms with E-state index in [-0.39, 0.29) is 23.1 Å². The van der Waals surface area contributed by atoms with Crippen molar-refractivity contribution in [2.24, 2.45) is 10.7 Å². The molecule has 0 aliphatic rings. The third-order valence-electron chi connectivity index (χ3n) is 2.96. The fraction of sp³-hybridized carbons (Fsp3) is 0.167. The van der Waals surface area contributed by atoms with E-state index in [1.165, 1.54) is 22.9 Å². The molecule has 0 spiro atoms. The molecule has 11 heteroatoms. The second kappa shape index (κ2) is 6.08. The van der Waals surface area contributed by atoms with Crippen molar-refractivity contribution in [1.29, 1.82) is 0 Å². The van der Waals surface area contributed by atoms with Crippen molar-refractivity contribution in [2.45, 2.75) is 13.5 Å². The number of hydrogen-bond acceptors (Lipinski definition) is 7. The maximum absolute atomic E-state index is 13.2. The van der Waals surface area contributed by atoms with Crippen molar-refractivity contribution in [2.75, 3.05) is 0 Å². The molecule has 0 saturated carbocycles. The fourth-order valence-corrected chi connectivity index (χ4v) is 1.96. The lowest BCUT2D eigenvalue weighted by molar-refractivity contribution is 0.301. The Morgan fingerprint density at radius 2 is 2.26 bits per heavy atom. The van der Waals surface area contributed by atoms with Gasteiger partial charge in [0.1, 0.15) is 17.3 Å². The van der Waals surface area contributed by atoms with Gasteiger partial charge < -0.3 is 5.73 Å². The molecule has 0 aliphatic heterocycles. The summed E-state index contributed by atoms with van der Waals surface area (Å²) < 4.78 is 19.4. The first-order valence-electron chi connectivity index (χ1n) is 6.38. The normalized spacial score (nSPS) is 11.9. The lowest BCUT2D eigenvalue weighted by Crippen LogP contribution is -2.17. The second-order valence-electron chi connectivity index (χ2n) is 4.54. The summed E-state index contributed by atoms with van der Waals surface area (Å²) in [7, 11) is 0. The van der Waals surface area contributed by atoms with Crippen molar-refractivity contribution >= 4 is 23.1 Å². The minimum absolute atomic E-state index is 0.0506. The monoisotopic (exact) mass is 336 g/mol. The first-order valence-corrected chi connectivity index (χ1v) is 6.76. The summed E-state index contributed by atoms with van der Waals surface area (Å²) in [5.74, 6) is 0.108. The standard InChI is InChI=1S/C12H10ClFN8O/c1-6-17-20-21-22(6)5-10-11(19-23-18-10)12(15)16-7-2-3-9(14)8(13)4-7/h2-4H,5H2,1H3,(H2,15,16). The quantitative estimate of drug-likeness (QED) is 0.562. The van der Waals surface area contributed by atoms with Crippen LogP contribution in [0.4, 0.5) is 10.1 Å². The van der Waals surface area contributed by atoms with Gasteiger partial charge in [0.15, 0.2) is 11.5 Å². The topological polar surface area (TPSA) is 121 Å². The third-order valence-corrected chi connectivity index (χ3v) is 3.25. The number of aryl methyl sites for hydroxylation is 1. The van der Waals surface area contributed by atoms with Crippen molar-refractivity contribution < 1.29 is 9.02 Å². The Labute approximate surface area is 133 Å². The highest BCUT2D eigenvalue weighted by Gasteiger charge is 2.16. The fourth-order valence-electron chi connectivity index (χ4n) is 1.79. The summed E-state index contributed by atoms with van der Waals surface area (Å²) in [4.78, 5) is 4.14. The maximum atomic E-state index is 13.2. The van der Waals surface area contributed by atoms with Gasteiger partial charge in [-0.15, -0.1) is 5.10 Å². The SMILES string of the molecule is Cc1nnnn1Cc1nonc1C(N)=Nc1ccc(F)c(Cl)c1. The summed E-state index contributed by atoms with van der Waals surface area (Å²) in [6, 6.07) is 3.98. The number of tetrazole rings is 1. The summed E-state index contributed by atoms with van der Waals surface area (Å²) in [5.41, 5.74) is 6.96. The predicted molar refractivity (Wildman–Crippen MR) is 77.7 cm³/mol. The summed E-state index contributed by atoms with van der Waals surface area (Å²) >= 11 is 5.71. The molecule has 2 aromatic heterocycles. The van der Waals surface area contributed by atoms with Crippen LogP contribution in [-0.2, 0) is 6.54 Å². The van der Waals surface area contributed by atoms with Crippen LogP contribution in [-0.4, -0.2) is 36.4 Å². The van der Waals surface area contributed by atoms with Gasteiger partial charge in [0.2, 0.25) is 0 Å². The number of benzene rings is 1. The Hall–Kier alpha value is -2.88. The smallest absolute Gasteiger partial charge is 0.174 e.